The van der Waals surface area contributed by atoms with Crippen LogP contribution in [-0.4, -0.2) is 8.42 Å². The van der Waals surface area contributed by atoms with Crippen LogP contribution < -0.4 is 0 Å². The summed E-state index contributed by atoms with van der Waals surface area (Å²) < 4.78 is 25.0. The van der Waals surface area contributed by atoms with Crippen LogP contribution in [0.25, 0.3) is 4.85 Å². The highest BCUT2D eigenvalue weighted by Gasteiger charge is 2.26. The molecule has 3 nitrogen and oxygen atoms in total. The number of hydrogen-bond donors (Lipinski definition) is 0. The molecule has 1 aromatic rings. The van der Waals surface area contributed by atoms with Crippen molar-refractivity contribution in [2.45, 2.75) is 43.9 Å². The summed E-state index contributed by atoms with van der Waals surface area (Å²) in [6, 6.07) is 6.69. The van der Waals surface area contributed by atoms with E-state index < -0.39 is 9.84 Å². The smallest absolute Gasteiger partial charge is 0.230 e. The van der Waals surface area contributed by atoms with Crippen LogP contribution in [0.5, 0.6) is 0 Å². The largest absolute Gasteiger partial charge is 0.282 e. The number of aryl methyl sites for hydroxylation is 1. The molecular formula is C15H17NO2S. The van der Waals surface area contributed by atoms with Gasteiger partial charge in [-0.2, -0.15) is 0 Å². The summed E-state index contributed by atoms with van der Waals surface area (Å²) in [5.41, 5.74) is 1.82. The molecule has 4 heteroatoms. The maximum atomic E-state index is 12.5. The number of benzene rings is 1. The number of nitrogens with zero attached hydrogens (tertiary/aromatic N) is 1. The van der Waals surface area contributed by atoms with Gasteiger partial charge in [0.2, 0.25) is 9.84 Å². The van der Waals surface area contributed by atoms with E-state index in [1.165, 1.54) is 0 Å². The molecule has 0 radical (unpaired) electrons. The Morgan fingerprint density at radius 3 is 2.21 bits per heavy atom. The Hall–Kier alpha value is -1.60. The molecule has 0 heterocycles. The molecule has 1 aliphatic rings. The third-order valence-corrected chi connectivity index (χ3v) is 5.23. The molecule has 2 rings (SSSR count). The molecule has 1 fully saturated rings. The van der Waals surface area contributed by atoms with Crippen LogP contribution in [0.3, 0.4) is 0 Å². The van der Waals surface area contributed by atoms with Gasteiger partial charge in [-0.15, -0.1) is 0 Å². The van der Waals surface area contributed by atoms with Gasteiger partial charge in [-0.25, -0.2) is 13.3 Å². The normalized spacial score (nSPS) is 15.9. The van der Waals surface area contributed by atoms with E-state index in [9.17, 15) is 8.42 Å². The van der Waals surface area contributed by atoms with E-state index in [-0.39, 0.29) is 9.92 Å². The molecule has 0 atom stereocenters. The highest BCUT2D eigenvalue weighted by atomic mass is 32.2. The Morgan fingerprint density at radius 1 is 1.11 bits per heavy atom. The zero-order valence-electron chi connectivity index (χ0n) is 11.0. The van der Waals surface area contributed by atoms with Gasteiger partial charge in [0, 0.05) is 0 Å². The standard InChI is InChI=1S/C15H17NO2S/c1-12-8-10-14(11-9-12)19(17,18)15(16-2)13-6-4-3-5-7-13/h8-11H,3-7H2,1H3. The van der Waals surface area contributed by atoms with Gasteiger partial charge in [0.15, 0.2) is 0 Å². The second-order valence-corrected chi connectivity index (χ2v) is 6.76. The van der Waals surface area contributed by atoms with Crippen LogP contribution in [0.2, 0.25) is 0 Å². The van der Waals surface area contributed by atoms with Crippen LogP contribution in [0.1, 0.15) is 37.7 Å². The van der Waals surface area contributed by atoms with Crippen molar-refractivity contribution in [1.82, 2.24) is 0 Å². The first-order valence-electron chi connectivity index (χ1n) is 6.47. The molecule has 1 aromatic carbocycles. The average Bonchev–Trinajstić information content (AvgIpc) is 2.41. The molecular weight excluding hydrogens is 258 g/mol. The predicted molar refractivity (Wildman–Crippen MR) is 75.1 cm³/mol. The van der Waals surface area contributed by atoms with Gasteiger partial charge in [0.05, 0.1) is 11.5 Å². The Kier molecular flexibility index (Phi) is 4.06. The SMILES string of the molecule is [C-]#[N+]C(=C1CCCCC1)S(=O)(=O)c1ccc(C)cc1. The molecule has 0 N–H and O–H groups in total. The minimum Gasteiger partial charge on any atom is -0.230 e. The topological polar surface area (TPSA) is 38.5 Å². The van der Waals surface area contributed by atoms with Crippen LogP contribution in [-0.2, 0) is 9.84 Å². The lowest BCUT2D eigenvalue weighted by atomic mass is 9.96. The summed E-state index contributed by atoms with van der Waals surface area (Å²) in [4.78, 5) is 3.55. The van der Waals surface area contributed by atoms with Gasteiger partial charge in [0.25, 0.3) is 5.03 Å². The number of rotatable bonds is 2. The first-order chi connectivity index (χ1) is 9.05. The molecule has 1 saturated carbocycles. The van der Waals surface area contributed by atoms with Gasteiger partial charge < -0.3 is 0 Å². The van der Waals surface area contributed by atoms with Crippen molar-refractivity contribution in [3.8, 4) is 0 Å². The highest BCUT2D eigenvalue weighted by molar-refractivity contribution is 7.95. The van der Waals surface area contributed by atoms with E-state index in [1.807, 2.05) is 6.92 Å². The van der Waals surface area contributed by atoms with E-state index in [0.29, 0.717) is 0 Å². The molecule has 1 aliphatic carbocycles. The van der Waals surface area contributed by atoms with E-state index in [1.54, 1.807) is 24.3 Å². The fraction of sp³-hybridized carbons (Fsp3) is 0.400. The van der Waals surface area contributed by atoms with Gasteiger partial charge in [0.1, 0.15) is 0 Å². The summed E-state index contributed by atoms with van der Waals surface area (Å²) in [6.07, 6.45) is 4.57. The molecule has 0 spiro atoms. The molecule has 0 unspecified atom stereocenters. The van der Waals surface area contributed by atoms with Crippen molar-refractivity contribution >= 4 is 9.84 Å². The molecule has 0 aliphatic heterocycles. The van der Waals surface area contributed by atoms with Crippen molar-refractivity contribution in [3.05, 3.63) is 51.8 Å². The number of hydrogen-bond acceptors (Lipinski definition) is 2. The van der Waals surface area contributed by atoms with E-state index in [2.05, 4.69) is 4.85 Å². The lowest BCUT2D eigenvalue weighted by Gasteiger charge is -2.16. The van der Waals surface area contributed by atoms with Gasteiger partial charge in [-0.05, 0) is 31.9 Å². The second-order valence-electron chi connectivity index (χ2n) is 4.90. The number of allylic oxidation sites excluding steroid dienone is 1. The molecule has 0 amide bonds. The molecule has 0 bridgehead atoms. The van der Waals surface area contributed by atoms with Crippen molar-refractivity contribution in [1.29, 1.82) is 0 Å². The quantitative estimate of drug-likeness (QED) is 0.769. The number of sulfone groups is 1. The molecule has 19 heavy (non-hydrogen) atoms. The maximum Gasteiger partial charge on any atom is 0.282 e. The highest BCUT2D eigenvalue weighted by Crippen LogP contribution is 2.31. The van der Waals surface area contributed by atoms with E-state index in [4.69, 9.17) is 6.57 Å². The third kappa shape index (κ3) is 2.87. The monoisotopic (exact) mass is 275 g/mol. The lowest BCUT2D eigenvalue weighted by Crippen LogP contribution is -2.07. The van der Waals surface area contributed by atoms with E-state index >= 15 is 0 Å². The fourth-order valence-corrected chi connectivity index (χ4v) is 3.77. The first kappa shape index (κ1) is 13.8. The summed E-state index contributed by atoms with van der Waals surface area (Å²) in [6.45, 7) is 9.14. The Labute approximate surface area is 114 Å². The van der Waals surface area contributed by atoms with Crippen molar-refractivity contribution < 1.29 is 8.42 Å². The summed E-state index contributed by atoms with van der Waals surface area (Å²) in [5.74, 6) is 0. The summed E-state index contributed by atoms with van der Waals surface area (Å²) in [7, 11) is -3.64. The Morgan fingerprint density at radius 2 is 1.68 bits per heavy atom. The minimum absolute atomic E-state index is 0.0453. The summed E-state index contributed by atoms with van der Waals surface area (Å²) >= 11 is 0. The molecule has 0 aromatic heterocycles. The Balaban J connectivity index is 2.48. The van der Waals surface area contributed by atoms with Gasteiger partial charge in [-0.3, -0.25) is 0 Å². The third-order valence-electron chi connectivity index (χ3n) is 3.45. The maximum absolute atomic E-state index is 12.5. The van der Waals surface area contributed by atoms with Crippen LogP contribution >= 0.6 is 0 Å². The van der Waals surface area contributed by atoms with Gasteiger partial charge >= 0.3 is 0 Å². The predicted octanol–water partition coefficient (Wildman–Crippen LogP) is 3.86. The lowest BCUT2D eigenvalue weighted by molar-refractivity contribution is 0.587. The van der Waals surface area contributed by atoms with Crippen LogP contribution in [0, 0.1) is 13.5 Å². The van der Waals surface area contributed by atoms with E-state index in [0.717, 1.165) is 43.2 Å². The zero-order chi connectivity index (χ0) is 13.9. The fourth-order valence-electron chi connectivity index (χ4n) is 2.35. The van der Waals surface area contributed by atoms with Crippen molar-refractivity contribution in [2.75, 3.05) is 0 Å². The molecule has 100 valence electrons. The van der Waals surface area contributed by atoms with Crippen LogP contribution in [0.15, 0.2) is 39.8 Å². The Bertz CT molecular complexity index is 626. The minimum atomic E-state index is -3.64. The second kappa shape index (κ2) is 5.58. The van der Waals surface area contributed by atoms with Gasteiger partial charge in [-0.1, -0.05) is 42.5 Å². The van der Waals surface area contributed by atoms with Crippen molar-refractivity contribution in [3.63, 3.8) is 0 Å². The van der Waals surface area contributed by atoms with Crippen LogP contribution in [0.4, 0.5) is 0 Å². The average molecular weight is 275 g/mol. The summed E-state index contributed by atoms with van der Waals surface area (Å²) in [5, 5.41) is -0.0453. The van der Waals surface area contributed by atoms with Crippen molar-refractivity contribution in [2.24, 2.45) is 0 Å². The first-order valence-corrected chi connectivity index (χ1v) is 7.95. The molecule has 0 saturated heterocycles. The zero-order valence-corrected chi connectivity index (χ0v) is 11.8.